The zero-order chi connectivity index (χ0) is 19.7. The molecule has 2 aromatic carbocycles. The summed E-state index contributed by atoms with van der Waals surface area (Å²) >= 11 is 0. The topological polar surface area (TPSA) is 93.5 Å². The first kappa shape index (κ1) is 18.5. The molecule has 0 aliphatic carbocycles. The van der Waals surface area contributed by atoms with Crippen molar-refractivity contribution < 1.29 is 13.2 Å². The molecular formula is C20H20N4O3S. The number of hydrogen-bond donors (Lipinski definition) is 1. The molecule has 28 heavy (non-hydrogen) atoms. The second-order valence-electron chi connectivity index (χ2n) is 6.89. The molecule has 0 atom stereocenters. The molecule has 1 fully saturated rings. The normalized spacial score (nSPS) is 17.5. The Balaban J connectivity index is 1.49. The molecule has 8 heteroatoms. The Morgan fingerprint density at radius 1 is 1.00 bits per heavy atom. The van der Waals surface area contributed by atoms with E-state index in [1.54, 1.807) is 12.1 Å². The van der Waals surface area contributed by atoms with Gasteiger partial charge in [-0.15, -0.1) is 0 Å². The maximum atomic E-state index is 12.9. The molecule has 2 aliphatic rings. The Morgan fingerprint density at radius 3 is 2.50 bits per heavy atom. The van der Waals surface area contributed by atoms with Gasteiger partial charge in [0.1, 0.15) is 6.07 Å². The van der Waals surface area contributed by atoms with Crippen LogP contribution in [0.5, 0.6) is 0 Å². The summed E-state index contributed by atoms with van der Waals surface area (Å²) in [5.41, 5.74) is 3.16. The molecular weight excluding hydrogens is 376 g/mol. The molecule has 0 radical (unpaired) electrons. The molecule has 1 saturated heterocycles. The standard InChI is InChI=1S/C20H20N4O3S/c21-14-16-3-1-2-4-19(16)28(26,27)24-11-9-23(10-12-24)17-6-7-18-15(13-17)5-8-20(25)22-18/h1-4,6-7,13H,5,8-12H2,(H,22,25). The summed E-state index contributed by atoms with van der Waals surface area (Å²) in [5.74, 6) is 0.0386. The first-order chi connectivity index (χ1) is 13.5. The van der Waals surface area contributed by atoms with E-state index in [0.717, 1.165) is 16.9 Å². The van der Waals surface area contributed by atoms with Gasteiger partial charge >= 0.3 is 0 Å². The lowest BCUT2D eigenvalue weighted by Crippen LogP contribution is -2.48. The van der Waals surface area contributed by atoms with Crippen LogP contribution in [0.2, 0.25) is 0 Å². The van der Waals surface area contributed by atoms with Gasteiger partial charge in [-0.25, -0.2) is 8.42 Å². The van der Waals surface area contributed by atoms with Gasteiger partial charge in [-0.1, -0.05) is 12.1 Å². The van der Waals surface area contributed by atoms with Crippen LogP contribution in [0, 0.1) is 11.3 Å². The van der Waals surface area contributed by atoms with Crippen LogP contribution < -0.4 is 10.2 Å². The van der Waals surface area contributed by atoms with Gasteiger partial charge in [0.15, 0.2) is 0 Å². The van der Waals surface area contributed by atoms with E-state index in [1.165, 1.54) is 16.4 Å². The molecule has 0 spiro atoms. The number of aryl methyl sites for hydroxylation is 1. The van der Waals surface area contributed by atoms with Crippen molar-refractivity contribution in [1.29, 1.82) is 5.26 Å². The van der Waals surface area contributed by atoms with Gasteiger partial charge in [0, 0.05) is 44.0 Å². The fourth-order valence-electron chi connectivity index (χ4n) is 3.68. The average molecular weight is 396 g/mol. The third-order valence-corrected chi connectivity index (χ3v) is 7.17. The van der Waals surface area contributed by atoms with Crippen molar-refractivity contribution in [2.24, 2.45) is 0 Å². The molecule has 0 saturated carbocycles. The minimum atomic E-state index is -3.69. The minimum Gasteiger partial charge on any atom is -0.369 e. The number of carbonyl (C=O) groups excluding carboxylic acids is 1. The third kappa shape index (κ3) is 3.35. The van der Waals surface area contributed by atoms with Gasteiger partial charge in [0.2, 0.25) is 15.9 Å². The molecule has 2 aliphatic heterocycles. The number of nitrogens with zero attached hydrogens (tertiary/aromatic N) is 3. The van der Waals surface area contributed by atoms with Crippen molar-refractivity contribution in [3.63, 3.8) is 0 Å². The lowest BCUT2D eigenvalue weighted by molar-refractivity contribution is -0.116. The maximum absolute atomic E-state index is 12.9. The molecule has 0 unspecified atom stereocenters. The number of fused-ring (bicyclic) bond motifs is 1. The summed E-state index contributed by atoms with van der Waals surface area (Å²) in [6.45, 7) is 1.85. The lowest BCUT2D eigenvalue weighted by Gasteiger charge is -2.36. The van der Waals surface area contributed by atoms with Crippen molar-refractivity contribution in [3.8, 4) is 6.07 Å². The second-order valence-corrected chi connectivity index (χ2v) is 8.80. The molecule has 0 aromatic heterocycles. The summed E-state index contributed by atoms with van der Waals surface area (Å²) in [6.07, 6.45) is 1.20. The number of carbonyl (C=O) groups is 1. The van der Waals surface area contributed by atoms with Gasteiger partial charge in [-0.3, -0.25) is 4.79 Å². The van der Waals surface area contributed by atoms with Gasteiger partial charge < -0.3 is 10.2 Å². The SMILES string of the molecule is N#Cc1ccccc1S(=O)(=O)N1CCN(c2ccc3c(c2)CCC(=O)N3)CC1. The van der Waals surface area contributed by atoms with Gasteiger partial charge in [-0.2, -0.15) is 9.57 Å². The van der Waals surface area contributed by atoms with Crippen LogP contribution >= 0.6 is 0 Å². The van der Waals surface area contributed by atoms with Crippen LogP contribution in [0.3, 0.4) is 0 Å². The molecule has 4 rings (SSSR count). The summed E-state index contributed by atoms with van der Waals surface area (Å²) in [6, 6.07) is 14.2. The van der Waals surface area contributed by atoms with Crippen molar-refractivity contribution >= 4 is 27.3 Å². The van der Waals surface area contributed by atoms with E-state index in [1.807, 2.05) is 18.2 Å². The van der Waals surface area contributed by atoms with E-state index in [-0.39, 0.29) is 16.4 Å². The molecule has 0 bridgehead atoms. The number of nitriles is 1. The smallest absolute Gasteiger partial charge is 0.244 e. The van der Waals surface area contributed by atoms with Crippen LogP contribution in [0.15, 0.2) is 47.4 Å². The number of benzene rings is 2. The van der Waals surface area contributed by atoms with E-state index < -0.39 is 10.0 Å². The highest BCUT2D eigenvalue weighted by atomic mass is 32.2. The molecule has 1 N–H and O–H groups in total. The van der Waals surface area contributed by atoms with Crippen LogP contribution in [0.1, 0.15) is 17.5 Å². The fourth-order valence-corrected chi connectivity index (χ4v) is 5.24. The zero-order valence-corrected chi connectivity index (χ0v) is 16.1. The largest absolute Gasteiger partial charge is 0.369 e. The zero-order valence-electron chi connectivity index (χ0n) is 15.3. The molecule has 7 nitrogen and oxygen atoms in total. The number of amides is 1. The number of rotatable bonds is 3. The number of piperazine rings is 1. The fraction of sp³-hybridized carbons (Fsp3) is 0.300. The van der Waals surface area contributed by atoms with Crippen LogP contribution in [0.25, 0.3) is 0 Å². The highest BCUT2D eigenvalue weighted by molar-refractivity contribution is 7.89. The molecule has 1 amide bonds. The van der Waals surface area contributed by atoms with E-state index in [2.05, 4.69) is 16.3 Å². The van der Waals surface area contributed by atoms with Crippen molar-refractivity contribution in [2.45, 2.75) is 17.7 Å². The first-order valence-electron chi connectivity index (χ1n) is 9.16. The Hall–Kier alpha value is -2.89. The van der Waals surface area contributed by atoms with E-state index in [0.29, 0.717) is 39.0 Å². The number of hydrogen-bond acceptors (Lipinski definition) is 5. The van der Waals surface area contributed by atoms with Gasteiger partial charge in [0.05, 0.1) is 10.5 Å². The van der Waals surface area contributed by atoms with E-state index in [4.69, 9.17) is 0 Å². The van der Waals surface area contributed by atoms with Gasteiger partial charge in [0.25, 0.3) is 0 Å². The Bertz CT molecular complexity index is 1070. The van der Waals surface area contributed by atoms with Gasteiger partial charge in [-0.05, 0) is 42.3 Å². The average Bonchev–Trinajstić information content (AvgIpc) is 2.73. The summed E-state index contributed by atoms with van der Waals surface area (Å²) in [7, 11) is -3.69. The predicted molar refractivity (Wildman–Crippen MR) is 106 cm³/mol. The molecule has 2 heterocycles. The quantitative estimate of drug-likeness (QED) is 0.856. The predicted octanol–water partition coefficient (Wildman–Crippen LogP) is 1.95. The maximum Gasteiger partial charge on any atom is 0.244 e. The van der Waals surface area contributed by atoms with Crippen LogP contribution in [-0.2, 0) is 21.2 Å². The highest BCUT2D eigenvalue weighted by Crippen LogP contribution is 2.29. The summed E-state index contributed by atoms with van der Waals surface area (Å²) in [5, 5.41) is 12.1. The van der Waals surface area contributed by atoms with Crippen molar-refractivity contribution in [2.75, 3.05) is 36.4 Å². The molecule has 2 aromatic rings. The highest BCUT2D eigenvalue weighted by Gasteiger charge is 2.30. The van der Waals surface area contributed by atoms with E-state index in [9.17, 15) is 18.5 Å². The molecule has 144 valence electrons. The minimum absolute atomic E-state index is 0.0386. The Labute approximate surface area is 164 Å². The summed E-state index contributed by atoms with van der Waals surface area (Å²) < 4.78 is 27.3. The summed E-state index contributed by atoms with van der Waals surface area (Å²) in [4.78, 5) is 13.7. The number of sulfonamides is 1. The van der Waals surface area contributed by atoms with Crippen molar-refractivity contribution in [1.82, 2.24) is 4.31 Å². The third-order valence-electron chi connectivity index (χ3n) is 5.21. The lowest BCUT2D eigenvalue weighted by atomic mass is 10.0. The Kier molecular flexibility index (Phi) is 4.79. The second kappa shape index (κ2) is 7.26. The Morgan fingerprint density at radius 2 is 1.75 bits per heavy atom. The van der Waals surface area contributed by atoms with Crippen molar-refractivity contribution in [3.05, 3.63) is 53.6 Å². The van der Waals surface area contributed by atoms with E-state index >= 15 is 0 Å². The van der Waals surface area contributed by atoms with Crippen LogP contribution in [0.4, 0.5) is 11.4 Å². The number of anilines is 2. The first-order valence-corrected chi connectivity index (χ1v) is 10.6. The monoisotopic (exact) mass is 396 g/mol. The van der Waals surface area contributed by atoms with Crippen LogP contribution in [-0.4, -0.2) is 44.8 Å². The number of nitrogens with one attached hydrogen (secondary N) is 1.